The van der Waals surface area contributed by atoms with E-state index in [0.717, 1.165) is 22.1 Å². The predicted molar refractivity (Wildman–Crippen MR) is 77.2 cm³/mol. The molecule has 0 unspecified atom stereocenters. The number of rotatable bonds is 3. The van der Waals surface area contributed by atoms with E-state index in [9.17, 15) is 0 Å². The second-order valence-electron chi connectivity index (χ2n) is 3.70. The molecule has 0 aliphatic carbocycles. The maximum absolute atomic E-state index is 5.68. The molecule has 0 saturated carbocycles. The normalized spacial score (nSPS) is 10.2. The van der Waals surface area contributed by atoms with E-state index >= 15 is 0 Å². The zero-order valence-electron chi connectivity index (χ0n) is 9.65. The molecule has 2 aromatic rings. The van der Waals surface area contributed by atoms with Crippen molar-refractivity contribution in [3.63, 3.8) is 0 Å². The molecule has 17 heavy (non-hydrogen) atoms. The maximum Gasteiger partial charge on any atom is 0.187 e. The lowest BCUT2D eigenvalue weighted by Crippen LogP contribution is -2.11. The van der Waals surface area contributed by atoms with Gasteiger partial charge in [-0.1, -0.05) is 24.4 Å². The van der Waals surface area contributed by atoms with Gasteiger partial charge in [-0.15, -0.1) is 11.3 Å². The van der Waals surface area contributed by atoms with Crippen molar-refractivity contribution < 1.29 is 0 Å². The first-order valence-electron chi connectivity index (χ1n) is 5.18. The van der Waals surface area contributed by atoms with Crippen LogP contribution in [0.3, 0.4) is 0 Å². The highest BCUT2D eigenvalue weighted by Crippen LogP contribution is 2.26. The fourth-order valence-electron chi connectivity index (χ4n) is 1.45. The van der Waals surface area contributed by atoms with Gasteiger partial charge in [-0.05, 0) is 26.0 Å². The monoisotopic (exact) mass is 263 g/mol. The Hall–Kier alpha value is -1.46. The van der Waals surface area contributed by atoms with Crippen LogP contribution < -0.4 is 11.1 Å². The number of nitrogens with zero attached hydrogens (tertiary/aromatic N) is 1. The van der Waals surface area contributed by atoms with Crippen molar-refractivity contribution in [1.82, 2.24) is 4.98 Å². The number of thiocarbonyl (C=S) groups is 1. The lowest BCUT2D eigenvalue weighted by molar-refractivity contribution is 1.23. The van der Waals surface area contributed by atoms with Gasteiger partial charge in [-0.2, -0.15) is 0 Å². The van der Waals surface area contributed by atoms with Crippen molar-refractivity contribution in [2.75, 3.05) is 5.32 Å². The molecular formula is C12H13N3S2. The Balaban J connectivity index is 2.33. The van der Waals surface area contributed by atoms with Crippen molar-refractivity contribution >= 4 is 39.4 Å². The van der Waals surface area contributed by atoms with E-state index < -0.39 is 0 Å². The quantitative estimate of drug-likeness (QED) is 0.835. The van der Waals surface area contributed by atoms with Crippen LogP contribution in [0.25, 0.3) is 0 Å². The van der Waals surface area contributed by atoms with E-state index in [-0.39, 0.29) is 0 Å². The Bertz CT molecular complexity index is 541. The van der Waals surface area contributed by atoms with Gasteiger partial charge in [0.2, 0.25) is 0 Å². The summed E-state index contributed by atoms with van der Waals surface area (Å²) in [4.78, 5) is 6.03. The SMILES string of the molecule is Cc1nc(Nc2ccccc2C(N)=S)sc1C. The molecule has 0 bridgehead atoms. The first-order valence-corrected chi connectivity index (χ1v) is 6.40. The molecular weight excluding hydrogens is 250 g/mol. The molecule has 0 radical (unpaired) electrons. The Morgan fingerprint density at radius 2 is 2.06 bits per heavy atom. The highest BCUT2D eigenvalue weighted by Gasteiger charge is 2.07. The molecule has 0 aliphatic heterocycles. The predicted octanol–water partition coefficient (Wildman–Crippen LogP) is 3.14. The fraction of sp³-hybridized carbons (Fsp3) is 0.167. The van der Waals surface area contributed by atoms with Crippen LogP contribution in [-0.4, -0.2) is 9.97 Å². The lowest BCUT2D eigenvalue weighted by atomic mass is 10.2. The highest BCUT2D eigenvalue weighted by atomic mass is 32.1. The third kappa shape index (κ3) is 2.62. The molecule has 5 heteroatoms. The third-order valence-electron chi connectivity index (χ3n) is 2.46. The molecule has 0 fully saturated rings. The second kappa shape index (κ2) is 4.81. The summed E-state index contributed by atoms with van der Waals surface area (Å²) in [6, 6.07) is 7.70. The highest BCUT2D eigenvalue weighted by molar-refractivity contribution is 7.80. The number of aryl methyl sites for hydroxylation is 2. The van der Waals surface area contributed by atoms with Gasteiger partial charge < -0.3 is 11.1 Å². The molecule has 1 aromatic carbocycles. The van der Waals surface area contributed by atoms with Gasteiger partial charge >= 0.3 is 0 Å². The summed E-state index contributed by atoms with van der Waals surface area (Å²) in [6.45, 7) is 4.05. The molecule has 0 aliphatic rings. The van der Waals surface area contributed by atoms with E-state index in [0.29, 0.717) is 4.99 Å². The summed E-state index contributed by atoms with van der Waals surface area (Å²) >= 11 is 6.64. The van der Waals surface area contributed by atoms with Gasteiger partial charge in [0.25, 0.3) is 0 Å². The summed E-state index contributed by atoms with van der Waals surface area (Å²) in [7, 11) is 0. The molecule has 0 atom stereocenters. The number of benzene rings is 1. The van der Waals surface area contributed by atoms with Crippen LogP contribution in [-0.2, 0) is 0 Å². The molecule has 0 saturated heterocycles. The largest absolute Gasteiger partial charge is 0.389 e. The Kier molecular flexibility index (Phi) is 3.40. The van der Waals surface area contributed by atoms with Crippen LogP contribution in [0.5, 0.6) is 0 Å². The minimum atomic E-state index is 0.387. The topological polar surface area (TPSA) is 50.9 Å². The summed E-state index contributed by atoms with van der Waals surface area (Å²) in [5.41, 5.74) is 8.46. The van der Waals surface area contributed by atoms with Crippen molar-refractivity contribution in [2.45, 2.75) is 13.8 Å². The average molecular weight is 263 g/mol. The summed E-state index contributed by atoms with van der Waals surface area (Å²) in [5.74, 6) is 0. The average Bonchev–Trinajstić information content (AvgIpc) is 2.58. The molecule has 88 valence electrons. The molecule has 0 amide bonds. The lowest BCUT2D eigenvalue weighted by Gasteiger charge is -2.08. The summed E-state index contributed by atoms with van der Waals surface area (Å²) in [6.07, 6.45) is 0. The van der Waals surface area contributed by atoms with Gasteiger partial charge in [0, 0.05) is 10.4 Å². The van der Waals surface area contributed by atoms with E-state index in [2.05, 4.69) is 17.2 Å². The van der Waals surface area contributed by atoms with Crippen LogP contribution in [0.15, 0.2) is 24.3 Å². The number of hydrogen-bond donors (Lipinski definition) is 2. The molecule has 2 rings (SSSR count). The van der Waals surface area contributed by atoms with E-state index in [4.69, 9.17) is 18.0 Å². The Labute approximate surface area is 110 Å². The van der Waals surface area contributed by atoms with E-state index in [1.54, 1.807) is 11.3 Å². The zero-order chi connectivity index (χ0) is 12.4. The third-order valence-corrected chi connectivity index (χ3v) is 3.67. The van der Waals surface area contributed by atoms with Crippen molar-refractivity contribution in [1.29, 1.82) is 0 Å². The fourth-order valence-corrected chi connectivity index (χ4v) is 2.45. The smallest absolute Gasteiger partial charge is 0.187 e. The molecule has 3 N–H and O–H groups in total. The number of nitrogens with two attached hydrogens (primary N) is 1. The van der Waals surface area contributed by atoms with Crippen LogP contribution in [0.1, 0.15) is 16.1 Å². The van der Waals surface area contributed by atoms with Crippen molar-refractivity contribution in [2.24, 2.45) is 5.73 Å². The van der Waals surface area contributed by atoms with Crippen LogP contribution in [0, 0.1) is 13.8 Å². The number of nitrogens with one attached hydrogen (secondary N) is 1. The minimum Gasteiger partial charge on any atom is -0.389 e. The molecule has 1 aromatic heterocycles. The molecule has 1 heterocycles. The number of thiazole rings is 1. The number of aromatic nitrogens is 1. The zero-order valence-corrected chi connectivity index (χ0v) is 11.3. The van der Waals surface area contributed by atoms with Gasteiger partial charge in [-0.3, -0.25) is 0 Å². The Morgan fingerprint density at radius 1 is 1.35 bits per heavy atom. The van der Waals surface area contributed by atoms with Gasteiger partial charge in [0.1, 0.15) is 4.99 Å². The first-order chi connectivity index (χ1) is 8.08. The molecule has 3 nitrogen and oxygen atoms in total. The van der Waals surface area contributed by atoms with E-state index in [1.165, 1.54) is 4.88 Å². The van der Waals surface area contributed by atoms with Crippen LogP contribution in [0.2, 0.25) is 0 Å². The number of anilines is 2. The van der Waals surface area contributed by atoms with Gasteiger partial charge in [0.15, 0.2) is 5.13 Å². The van der Waals surface area contributed by atoms with Crippen molar-refractivity contribution in [3.8, 4) is 0 Å². The van der Waals surface area contributed by atoms with Crippen LogP contribution in [0.4, 0.5) is 10.8 Å². The summed E-state index contributed by atoms with van der Waals surface area (Å²) in [5, 5.41) is 4.12. The first kappa shape index (κ1) is 12.0. The van der Waals surface area contributed by atoms with Gasteiger partial charge in [-0.25, -0.2) is 4.98 Å². The molecule has 0 spiro atoms. The standard InChI is InChI=1S/C12H13N3S2/c1-7-8(2)17-12(14-7)15-10-6-4-3-5-9(10)11(13)16/h3-6H,1-2H3,(H2,13,16)(H,14,15). The number of para-hydroxylation sites is 1. The summed E-state index contributed by atoms with van der Waals surface area (Å²) < 4.78 is 0. The number of hydrogen-bond acceptors (Lipinski definition) is 4. The van der Waals surface area contributed by atoms with E-state index in [1.807, 2.05) is 31.2 Å². The maximum atomic E-state index is 5.68. The Morgan fingerprint density at radius 3 is 2.65 bits per heavy atom. The second-order valence-corrected chi connectivity index (χ2v) is 5.34. The minimum absolute atomic E-state index is 0.387. The van der Waals surface area contributed by atoms with Gasteiger partial charge in [0.05, 0.1) is 11.4 Å². The van der Waals surface area contributed by atoms with Crippen molar-refractivity contribution in [3.05, 3.63) is 40.4 Å². The van der Waals surface area contributed by atoms with Crippen LogP contribution >= 0.6 is 23.6 Å².